The van der Waals surface area contributed by atoms with Crippen LogP contribution in [0.4, 0.5) is 0 Å². The maximum absolute atomic E-state index is 12.1. The minimum Gasteiger partial charge on any atom is -0.348 e. The molecule has 0 spiro atoms. The van der Waals surface area contributed by atoms with Gasteiger partial charge in [0.1, 0.15) is 0 Å². The van der Waals surface area contributed by atoms with Gasteiger partial charge in [0.25, 0.3) is 5.91 Å². The molecule has 1 heterocycles. The predicted molar refractivity (Wildman–Crippen MR) is 84.5 cm³/mol. The van der Waals surface area contributed by atoms with Crippen LogP contribution in [-0.2, 0) is 0 Å². The average Bonchev–Trinajstić information content (AvgIpc) is 2.34. The fourth-order valence-electron chi connectivity index (χ4n) is 2.06. The zero-order valence-corrected chi connectivity index (χ0v) is 13.3. The van der Waals surface area contributed by atoms with E-state index in [-0.39, 0.29) is 24.4 Å². The van der Waals surface area contributed by atoms with E-state index in [4.69, 9.17) is 0 Å². The standard InChI is InChI=1S/C13H17IN2O.ClH/c1-9-4-2-6-11(12(9)14)13(17)16-10-5-3-7-15-8-10;/h2,4,6,10,15H,3,5,7-8H2,1H3,(H,16,17);1H/t10-;/m1./s1. The van der Waals surface area contributed by atoms with E-state index in [9.17, 15) is 4.79 Å². The second-order valence-electron chi connectivity index (χ2n) is 4.45. The molecule has 1 fully saturated rings. The number of piperidine rings is 1. The molecule has 0 saturated carbocycles. The molecule has 1 saturated heterocycles. The molecular weight excluding hydrogens is 363 g/mol. The molecule has 1 aliphatic rings. The second kappa shape index (κ2) is 7.31. The first-order valence-electron chi connectivity index (χ1n) is 5.95. The smallest absolute Gasteiger partial charge is 0.252 e. The van der Waals surface area contributed by atoms with E-state index in [1.165, 1.54) is 0 Å². The van der Waals surface area contributed by atoms with Crippen molar-refractivity contribution in [1.82, 2.24) is 10.6 Å². The molecule has 18 heavy (non-hydrogen) atoms. The van der Waals surface area contributed by atoms with Gasteiger partial charge in [-0.3, -0.25) is 4.79 Å². The lowest BCUT2D eigenvalue weighted by Crippen LogP contribution is -2.45. The van der Waals surface area contributed by atoms with Gasteiger partial charge in [-0.1, -0.05) is 12.1 Å². The summed E-state index contributed by atoms with van der Waals surface area (Å²) in [6.45, 7) is 3.98. The first kappa shape index (κ1) is 15.7. The van der Waals surface area contributed by atoms with Gasteiger partial charge < -0.3 is 10.6 Å². The maximum atomic E-state index is 12.1. The molecule has 1 atom stereocenters. The first-order chi connectivity index (χ1) is 8.18. The van der Waals surface area contributed by atoms with Crippen molar-refractivity contribution in [2.45, 2.75) is 25.8 Å². The summed E-state index contributed by atoms with van der Waals surface area (Å²) in [6, 6.07) is 6.12. The van der Waals surface area contributed by atoms with Gasteiger partial charge in [0.05, 0.1) is 5.56 Å². The number of carbonyl (C=O) groups is 1. The van der Waals surface area contributed by atoms with Crippen LogP contribution < -0.4 is 10.6 Å². The van der Waals surface area contributed by atoms with Crippen LogP contribution in [0.2, 0.25) is 0 Å². The summed E-state index contributed by atoms with van der Waals surface area (Å²) < 4.78 is 1.05. The van der Waals surface area contributed by atoms with Gasteiger partial charge in [-0.25, -0.2) is 0 Å². The Kier molecular flexibility index (Phi) is 6.38. The molecular formula is C13H18ClIN2O. The highest BCUT2D eigenvalue weighted by Crippen LogP contribution is 2.17. The Morgan fingerprint density at radius 3 is 2.94 bits per heavy atom. The lowest BCUT2D eigenvalue weighted by Gasteiger charge is -2.24. The summed E-state index contributed by atoms with van der Waals surface area (Å²) in [5, 5.41) is 6.40. The zero-order valence-electron chi connectivity index (χ0n) is 10.3. The van der Waals surface area contributed by atoms with Crippen LogP contribution in [0, 0.1) is 10.5 Å². The van der Waals surface area contributed by atoms with Crippen LogP contribution >= 0.6 is 35.0 Å². The molecule has 1 aliphatic heterocycles. The molecule has 0 aliphatic carbocycles. The van der Waals surface area contributed by atoms with Crippen LogP contribution in [0.1, 0.15) is 28.8 Å². The van der Waals surface area contributed by atoms with Gasteiger partial charge in [-0.2, -0.15) is 0 Å². The van der Waals surface area contributed by atoms with Crippen molar-refractivity contribution in [1.29, 1.82) is 0 Å². The summed E-state index contributed by atoms with van der Waals surface area (Å²) in [5.74, 6) is 0.0480. The molecule has 100 valence electrons. The summed E-state index contributed by atoms with van der Waals surface area (Å²) in [7, 11) is 0. The Morgan fingerprint density at radius 1 is 1.50 bits per heavy atom. The third-order valence-electron chi connectivity index (χ3n) is 3.07. The third kappa shape index (κ3) is 3.83. The summed E-state index contributed by atoms with van der Waals surface area (Å²) in [5.41, 5.74) is 1.94. The van der Waals surface area contributed by atoms with Gasteiger partial charge in [-0.05, 0) is 60.5 Å². The van der Waals surface area contributed by atoms with E-state index in [1.807, 2.05) is 25.1 Å². The van der Waals surface area contributed by atoms with Crippen molar-refractivity contribution in [2.75, 3.05) is 13.1 Å². The third-order valence-corrected chi connectivity index (χ3v) is 4.50. The van der Waals surface area contributed by atoms with Crippen molar-refractivity contribution in [3.8, 4) is 0 Å². The monoisotopic (exact) mass is 380 g/mol. The molecule has 1 aromatic rings. The van der Waals surface area contributed by atoms with Gasteiger partial charge in [0.15, 0.2) is 0 Å². The van der Waals surface area contributed by atoms with Gasteiger partial charge in [0.2, 0.25) is 0 Å². The topological polar surface area (TPSA) is 41.1 Å². The van der Waals surface area contributed by atoms with Gasteiger partial charge in [0, 0.05) is 16.2 Å². The quantitative estimate of drug-likeness (QED) is 0.774. The van der Waals surface area contributed by atoms with E-state index in [0.717, 1.165) is 40.6 Å². The maximum Gasteiger partial charge on any atom is 0.252 e. The van der Waals surface area contributed by atoms with E-state index in [2.05, 4.69) is 33.2 Å². The Hall–Kier alpha value is -0.330. The number of rotatable bonds is 2. The molecule has 0 unspecified atom stereocenters. The number of aryl methyl sites for hydroxylation is 1. The molecule has 5 heteroatoms. The second-order valence-corrected chi connectivity index (χ2v) is 5.53. The van der Waals surface area contributed by atoms with Crippen LogP contribution in [0.5, 0.6) is 0 Å². The lowest BCUT2D eigenvalue weighted by atomic mass is 10.1. The highest BCUT2D eigenvalue weighted by Gasteiger charge is 2.18. The highest BCUT2D eigenvalue weighted by atomic mass is 127. The van der Waals surface area contributed by atoms with E-state index in [0.29, 0.717) is 0 Å². The van der Waals surface area contributed by atoms with Crippen molar-refractivity contribution in [2.24, 2.45) is 0 Å². The van der Waals surface area contributed by atoms with Gasteiger partial charge in [-0.15, -0.1) is 12.4 Å². The number of carbonyl (C=O) groups excluding carboxylic acids is 1. The molecule has 2 rings (SSSR count). The Labute approximate surface area is 128 Å². The van der Waals surface area contributed by atoms with E-state index in [1.54, 1.807) is 0 Å². The number of hydrogen-bond acceptors (Lipinski definition) is 2. The van der Waals surface area contributed by atoms with E-state index < -0.39 is 0 Å². The number of nitrogens with one attached hydrogen (secondary N) is 2. The molecule has 0 bridgehead atoms. The Morgan fingerprint density at radius 2 is 2.28 bits per heavy atom. The average molecular weight is 381 g/mol. The number of hydrogen-bond donors (Lipinski definition) is 2. The molecule has 1 aromatic carbocycles. The molecule has 0 aromatic heterocycles. The van der Waals surface area contributed by atoms with Gasteiger partial charge >= 0.3 is 0 Å². The summed E-state index contributed by atoms with van der Waals surface area (Å²) in [6.07, 6.45) is 2.21. The normalized spacial score (nSPS) is 18.9. The first-order valence-corrected chi connectivity index (χ1v) is 7.03. The molecule has 2 N–H and O–H groups in total. The highest BCUT2D eigenvalue weighted by molar-refractivity contribution is 14.1. The predicted octanol–water partition coefficient (Wildman–Crippen LogP) is 2.50. The molecule has 3 nitrogen and oxygen atoms in total. The van der Waals surface area contributed by atoms with Crippen molar-refractivity contribution in [3.63, 3.8) is 0 Å². The lowest BCUT2D eigenvalue weighted by molar-refractivity contribution is 0.0929. The van der Waals surface area contributed by atoms with Crippen molar-refractivity contribution >= 4 is 40.9 Å². The van der Waals surface area contributed by atoms with Crippen molar-refractivity contribution in [3.05, 3.63) is 32.9 Å². The fraction of sp³-hybridized carbons (Fsp3) is 0.462. The fourth-order valence-corrected chi connectivity index (χ4v) is 2.67. The summed E-state index contributed by atoms with van der Waals surface area (Å²) >= 11 is 2.24. The van der Waals surface area contributed by atoms with E-state index >= 15 is 0 Å². The number of halogens is 2. The SMILES string of the molecule is Cc1cccc(C(=O)N[C@@H]2CCCNC2)c1I.Cl. The van der Waals surface area contributed by atoms with Crippen LogP contribution in [-0.4, -0.2) is 25.0 Å². The van der Waals surface area contributed by atoms with Crippen LogP contribution in [0.3, 0.4) is 0 Å². The molecule has 0 radical (unpaired) electrons. The zero-order chi connectivity index (χ0) is 12.3. The summed E-state index contributed by atoms with van der Waals surface area (Å²) in [4.78, 5) is 12.1. The molecule has 1 amide bonds. The Balaban J connectivity index is 0.00000162. The van der Waals surface area contributed by atoms with Crippen LogP contribution in [0.15, 0.2) is 18.2 Å². The largest absolute Gasteiger partial charge is 0.348 e. The minimum atomic E-state index is 0. The number of benzene rings is 1. The van der Waals surface area contributed by atoms with Crippen LogP contribution in [0.25, 0.3) is 0 Å². The number of amides is 1. The minimum absolute atomic E-state index is 0. The van der Waals surface area contributed by atoms with Crippen molar-refractivity contribution < 1.29 is 4.79 Å². The Bertz CT molecular complexity index is 419.